The lowest BCUT2D eigenvalue weighted by molar-refractivity contribution is 0.427. The van der Waals surface area contributed by atoms with E-state index < -0.39 is 16.1 Å². The fourth-order valence-corrected chi connectivity index (χ4v) is 2.41. The number of hydrogen-bond acceptors (Lipinski definition) is 5. The Morgan fingerprint density at radius 1 is 1.47 bits per heavy atom. The Hall–Kier alpha value is -1.67. The fraction of sp³-hybridized carbons (Fsp3) is 0.333. The van der Waals surface area contributed by atoms with Crippen LogP contribution < -0.4 is 4.72 Å². The van der Waals surface area contributed by atoms with Gasteiger partial charge < -0.3 is 9.40 Å². The second-order valence-corrected chi connectivity index (χ2v) is 5.25. The zero-order valence-electron chi connectivity index (χ0n) is 9.34. The predicted octanol–water partition coefficient (Wildman–Crippen LogP) is 0.746. The highest BCUT2D eigenvalue weighted by Gasteiger charge is 2.22. The summed E-state index contributed by atoms with van der Waals surface area (Å²) in [4.78, 5) is 10.1. The molecular formula is C9H12N4O3S. The van der Waals surface area contributed by atoms with Crippen molar-refractivity contribution in [3.05, 3.63) is 30.4 Å². The lowest BCUT2D eigenvalue weighted by Crippen LogP contribution is -2.27. The molecule has 0 saturated carbocycles. The monoisotopic (exact) mass is 256 g/mol. The van der Waals surface area contributed by atoms with Gasteiger partial charge in [-0.2, -0.15) is 4.72 Å². The van der Waals surface area contributed by atoms with Crippen LogP contribution in [0.2, 0.25) is 0 Å². The normalized spacial score (nSPS) is 13.8. The zero-order valence-corrected chi connectivity index (χ0v) is 10.2. The number of aryl methyl sites for hydroxylation is 1. The highest BCUT2D eigenvalue weighted by molar-refractivity contribution is 7.89. The van der Waals surface area contributed by atoms with Crippen molar-refractivity contribution in [2.24, 2.45) is 0 Å². The molecule has 0 aliphatic carbocycles. The Labute approximate surface area is 98.3 Å². The Morgan fingerprint density at radius 3 is 2.76 bits per heavy atom. The molecule has 7 nitrogen and oxygen atoms in total. The second-order valence-electron chi connectivity index (χ2n) is 3.57. The second kappa shape index (κ2) is 4.30. The van der Waals surface area contributed by atoms with Crippen molar-refractivity contribution >= 4 is 10.0 Å². The molecule has 92 valence electrons. The number of aromatic nitrogens is 3. The van der Waals surface area contributed by atoms with Gasteiger partial charge in [0.1, 0.15) is 5.76 Å². The average molecular weight is 256 g/mol. The number of rotatable bonds is 4. The van der Waals surface area contributed by atoms with Gasteiger partial charge in [0.25, 0.3) is 10.0 Å². The van der Waals surface area contributed by atoms with E-state index in [2.05, 4.69) is 19.7 Å². The van der Waals surface area contributed by atoms with E-state index in [1.807, 2.05) is 0 Å². The third-order valence-corrected chi connectivity index (χ3v) is 3.57. The highest BCUT2D eigenvalue weighted by Crippen LogP contribution is 2.15. The fourth-order valence-electron chi connectivity index (χ4n) is 1.31. The number of imidazole rings is 1. The first-order valence-electron chi connectivity index (χ1n) is 4.92. The van der Waals surface area contributed by atoms with Crippen LogP contribution in [0.1, 0.15) is 24.6 Å². The van der Waals surface area contributed by atoms with Crippen LogP contribution in [0.4, 0.5) is 0 Å². The third-order valence-electron chi connectivity index (χ3n) is 2.10. The first-order chi connectivity index (χ1) is 7.99. The van der Waals surface area contributed by atoms with Crippen LogP contribution >= 0.6 is 0 Å². The molecule has 2 heterocycles. The highest BCUT2D eigenvalue weighted by atomic mass is 32.2. The van der Waals surface area contributed by atoms with Crippen LogP contribution in [-0.2, 0) is 10.0 Å². The molecule has 0 fully saturated rings. The SMILES string of the molecule is Cc1cnc(C(C)NS(=O)(=O)c2cnc[nH]2)o1. The Morgan fingerprint density at radius 2 is 2.24 bits per heavy atom. The topological polar surface area (TPSA) is 101 Å². The van der Waals surface area contributed by atoms with Crippen molar-refractivity contribution in [3.63, 3.8) is 0 Å². The summed E-state index contributed by atoms with van der Waals surface area (Å²) in [6, 6.07) is -0.544. The summed E-state index contributed by atoms with van der Waals surface area (Å²) in [7, 11) is -3.62. The van der Waals surface area contributed by atoms with Crippen molar-refractivity contribution in [2.45, 2.75) is 24.9 Å². The van der Waals surface area contributed by atoms with Gasteiger partial charge in [-0.1, -0.05) is 0 Å². The van der Waals surface area contributed by atoms with Crippen LogP contribution in [0, 0.1) is 6.92 Å². The molecule has 2 aromatic rings. The smallest absolute Gasteiger partial charge is 0.258 e. The molecule has 0 spiro atoms. The molecule has 0 radical (unpaired) electrons. The number of aromatic amines is 1. The summed E-state index contributed by atoms with van der Waals surface area (Å²) in [5.74, 6) is 0.957. The van der Waals surface area contributed by atoms with E-state index in [1.165, 1.54) is 18.7 Å². The molecule has 0 amide bonds. The summed E-state index contributed by atoms with van der Waals surface area (Å²) < 4.78 is 31.3. The number of hydrogen-bond donors (Lipinski definition) is 2. The number of H-pyrrole nitrogens is 1. The van der Waals surface area contributed by atoms with E-state index in [0.29, 0.717) is 11.7 Å². The standard InChI is InChI=1S/C9H12N4O3S/c1-6-3-11-9(16-6)7(2)13-17(14,15)8-4-10-5-12-8/h3-5,7,13H,1-2H3,(H,10,12). The molecule has 0 saturated heterocycles. The largest absolute Gasteiger partial charge is 0.444 e. The van der Waals surface area contributed by atoms with Gasteiger partial charge in [-0.15, -0.1) is 0 Å². The van der Waals surface area contributed by atoms with Crippen LogP contribution in [-0.4, -0.2) is 23.4 Å². The number of oxazole rings is 1. The molecule has 1 unspecified atom stereocenters. The van der Waals surface area contributed by atoms with E-state index in [9.17, 15) is 8.42 Å². The summed E-state index contributed by atoms with van der Waals surface area (Å²) >= 11 is 0. The zero-order chi connectivity index (χ0) is 12.5. The summed E-state index contributed by atoms with van der Waals surface area (Å²) in [6.07, 6.45) is 4.07. The van der Waals surface area contributed by atoms with Crippen molar-refractivity contribution in [2.75, 3.05) is 0 Å². The van der Waals surface area contributed by atoms with Gasteiger partial charge in [0.15, 0.2) is 5.03 Å². The van der Waals surface area contributed by atoms with E-state index in [1.54, 1.807) is 13.8 Å². The lowest BCUT2D eigenvalue weighted by atomic mass is 10.4. The van der Waals surface area contributed by atoms with E-state index >= 15 is 0 Å². The Bertz CT molecular complexity index is 588. The van der Waals surface area contributed by atoms with Crippen LogP contribution in [0.15, 0.2) is 28.2 Å². The van der Waals surface area contributed by atoms with Gasteiger partial charge in [-0.05, 0) is 13.8 Å². The van der Waals surface area contributed by atoms with Gasteiger partial charge >= 0.3 is 0 Å². The van der Waals surface area contributed by atoms with Crippen molar-refractivity contribution in [1.29, 1.82) is 0 Å². The van der Waals surface area contributed by atoms with Gasteiger partial charge in [0.05, 0.1) is 24.8 Å². The summed E-state index contributed by atoms with van der Waals surface area (Å²) in [5.41, 5.74) is 0. The average Bonchev–Trinajstić information content (AvgIpc) is 2.86. The van der Waals surface area contributed by atoms with Crippen molar-refractivity contribution < 1.29 is 12.8 Å². The third kappa shape index (κ3) is 2.53. The van der Waals surface area contributed by atoms with Gasteiger partial charge in [-0.3, -0.25) is 0 Å². The minimum Gasteiger partial charge on any atom is -0.444 e. The van der Waals surface area contributed by atoms with Gasteiger partial charge in [-0.25, -0.2) is 18.4 Å². The van der Waals surface area contributed by atoms with Crippen LogP contribution in [0.5, 0.6) is 0 Å². The molecule has 2 rings (SSSR count). The molecule has 0 bridgehead atoms. The summed E-state index contributed by atoms with van der Waals surface area (Å²) in [5, 5.41) is 0.00706. The molecule has 0 aliphatic rings. The molecule has 2 N–H and O–H groups in total. The minimum absolute atomic E-state index is 0.00706. The van der Waals surface area contributed by atoms with Gasteiger partial charge in [0.2, 0.25) is 5.89 Å². The lowest BCUT2D eigenvalue weighted by Gasteiger charge is -2.09. The predicted molar refractivity (Wildman–Crippen MR) is 58.6 cm³/mol. The maximum Gasteiger partial charge on any atom is 0.258 e. The molecule has 0 aliphatic heterocycles. The van der Waals surface area contributed by atoms with Crippen molar-refractivity contribution in [1.82, 2.24) is 19.7 Å². The minimum atomic E-state index is -3.62. The molecule has 17 heavy (non-hydrogen) atoms. The molecular weight excluding hydrogens is 244 g/mol. The number of sulfonamides is 1. The van der Waals surface area contributed by atoms with Crippen molar-refractivity contribution in [3.8, 4) is 0 Å². The van der Waals surface area contributed by atoms with E-state index in [0.717, 1.165) is 0 Å². The Kier molecular flexibility index (Phi) is 2.99. The summed E-state index contributed by atoms with van der Waals surface area (Å²) in [6.45, 7) is 3.39. The first-order valence-corrected chi connectivity index (χ1v) is 6.40. The van der Waals surface area contributed by atoms with Gasteiger partial charge in [0, 0.05) is 0 Å². The number of nitrogens with one attached hydrogen (secondary N) is 2. The van der Waals surface area contributed by atoms with Crippen LogP contribution in [0.3, 0.4) is 0 Å². The maximum atomic E-state index is 11.8. The molecule has 0 aromatic carbocycles. The van der Waals surface area contributed by atoms with Crippen LogP contribution in [0.25, 0.3) is 0 Å². The number of nitrogens with zero attached hydrogens (tertiary/aromatic N) is 2. The molecule has 2 aromatic heterocycles. The maximum absolute atomic E-state index is 11.8. The molecule has 1 atom stereocenters. The quantitative estimate of drug-likeness (QED) is 0.840. The van der Waals surface area contributed by atoms with E-state index in [4.69, 9.17) is 4.42 Å². The van der Waals surface area contributed by atoms with E-state index in [-0.39, 0.29) is 5.03 Å². The molecule has 8 heteroatoms. The Balaban J connectivity index is 2.17. The first kappa shape index (κ1) is 11.8.